The SMILES string of the molecule is CCCNC1CCCC(c2cc(F)ccc2C)C1. The molecule has 100 valence electrons. The van der Waals surface area contributed by atoms with Gasteiger partial charge in [0.2, 0.25) is 0 Å². The Bertz CT molecular complexity index is 389. The summed E-state index contributed by atoms with van der Waals surface area (Å²) in [6, 6.07) is 5.83. The molecule has 2 rings (SSSR count). The molecule has 1 N–H and O–H groups in total. The first-order valence-electron chi connectivity index (χ1n) is 7.20. The first-order valence-corrected chi connectivity index (χ1v) is 7.20. The summed E-state index contributed by atoms with van der Waals surface area (Å²) in [5.74, 6) is 0.433. The molecule has 0 aromatic heterocycles. The quantitative estimate of drug-likeness (QED) is 0.845. The van der Waals surface area contributed by atoms with E-state index in [1.54, 1.807) is 12.1 Å². The van der Waals surface area contributed by atoms with Crippen molar-refractivity contribution in [2.45, 2.75) is 57.9 Å². The van der Waals surface area contributed by atoms with E-state index >= 15 is 0 Å². The highest BCUT2D eigenvalue weighted by molar-refractivity contribution is 5.30. The highest BCUT2D eigenvalue weighted by atomic mass is 19.1. The van der Waals surface area contributed by atoms with Crippen LogP contribution in [0.25, 0.3) is 0 Å². The van der Waals surface area contributed by atoms with Crippen molar-refractivity contribution in [3.63, 3.8) is 0 Å². The summed E-state index contributed by atoms with van der Waals surface area (Å²) in [4.78, 5) is 0. The maximum atomic E-state index is 13.4. The lowest BCUT2D eigenvalue weighted by molar-refractivity contribution is 0.339. The summed E-state index contributed by atoms with van der Waals surface area (Å²) in [6.07, 6.45) is 6.06. The van der Waals surface area contributed by atoms with E-state index in [0.29, 0.717) is 12.0 Å². The molecule has 2 unspecified atom stereocenters. The smallest absolute Gasteiger partial charge is 0.123 e. The lowest BCUT2D eigenvalue weighted by Crippen LogP contribution is -2.34. The third-order valence-electron chi connectivity index (χ3n) is 4.04. The van der Waals surface area contributed by atoms with Crippen molar-refractivity contribution in [2.75, 3.05) is 6.54 Å². The van der Waals surface area contributed by atoms with Crippen molar-refractivity contribution in [3.05, 3.63) is 35.1 Å². The molecule has 1 aromatic carbocycles. The summed E-state index contributed by atoms with van der Waals surface area (Å²) >= 11 is 0. The minimum atomic E-state index is -0.0979. The van der Waals surface area contributed by atoms with Crippen LogP contribution in [0.15, 0.2) is 18.2 Å². The number of aryl methyl sites for hydroxylation is 1. The van der Waals surface area contributed by atoms with Crippen molar-refractivity contribution in [3.8, 4) is 0 Å². The normalized spacial score (nSPS) is 24.2. The molecule has 1 aliphatic carbocycles. The van der Waals surface area contributed by atoms with Crippen LogP contribution in [0.3, 0.4) is 0 Å². The molecule has 1 saturated carbocycles. The summed E-state index contributed by atoms with van der Waals surface area (Å²) in [7, 11) is 0. The number of hydrogen-bond donors (Lipinski definition) is 1. The molecule has 1 fully saturated rings. The third kappa shape index (κ3) is 3.32. The number of hydrogen-bond acceptors (Lipinski definition) is 1. The van der Waals surface area contributed by atoms with Gasteiger partial charge in [0.1, 0.15) is 5.82 Å². The lowest BCUT2D eigenvalue weighted by Gasteiger charge is -2.31. The molecule has 0 radical (unpaired) electrons. The maximum absolute atomic E-state index is 13.4. The molecule has 1 aliphatic rings. The molecule has 1 aromatic rings. The molecular weight excluding hydrogens is 225 g/mol. The van der Waals surface area contributed by atoms with E-state index in [9.17, 15) is 4.39 Å². The number of nitrogens with one attached hydrogen (secondary N) is 1. The molecule has 1 nitrogen and oxygen atoms in total. The number of rotatable bonds is 4. The first-order chi connectivity index (χ1) is 8.70. The van der Waals surface area contributed by atoms with Crippen LogP contribution in [-0.4, -0.2) is 12.6 Å². The lowest BCUT2D eigenvalue weighted by atomic mass is 9.80. The fourth-order valence-corrected chi connectivity index (χ4v) is 3.06. The zero-order chi connectivity index (χ0) is 13.0. The van der Waals surface area contributed by atoms with Crippen molar-refractivity contribution in [2.24, 2.45) is 0 Å². The largest absolute Gasteiger partial charge is 0.314 e. The maximum Gasteiger partial charge on any atom is 0.123 e. The van der Waals surface area contributed by atoms with Crippen LogP contribution in [0.5, 0.6) is 0 Å². The molecule has 0 amide bonds. The summed E-state index contributed by atoms with van der Waals surface area (Å²) < 4.78 is 13.4. The van der Waals surface area contributed by atoms with Crippen molar-refractivity contribution in [1.82, 2.24) is 5.32 Å². The van der Waals surface area contributed by atoms with Gasteiger partial charge in [-0.15, -0.1) is 0 Å². The van der Waals surface area contributed by atoms with Crippen LogP contribution in [0.1, 0.15) is 56.1 Å². The van der Waals surface area contributed by atoms with Crippen molar-refractivity contribution >= 4 is 0 Å². The predicted octanol–water partition coefficient (Wildman–Crippen LogP) is 4.16. The van der Waals surface area contributed by atoms with E-state index in [2.05, 4.69) is 19.2 Å². The van der Waals surface area contributed by atoms with Gasteiger partial charge in [0.25, 0.3) is 0 Å². The first kappa shape index (κ1) is 13.5. The zero-order valence-corrected chi connectivity index (χ0v) is 11.5. The van der Waals surface area contributed by atoms with Gasteiger partial charge < -0.3 is 5.32 Å². The molecule has 0 aliphatic heterocycles. The van der Waals surface area contributed by atoms with Crippen molar-refractivity contribution < 1.29 is 4.39 Å². The Morgan fingerprint density at radius 1 is 1.33 bits per heavy atom. The Balaban J connectivity index is 2.05. The van der Waals surface area contributed by atoms with Gasteiger partial charge in [-0.1, -0.05) is 19.4 Å². The zero-order valence-electron chi connectivity index (χ0n) is 11.5. The minimum Gasteiger partial charge on any atom is -0.314 e. The molecule has 0 spiro atoms. The Morgan fingerprint density at radius 2 is 2.17 bits per heavy atom. The van der Waals surface area contributed by atoms with E-state index in [1.165, 1.54) is 36.8 Å². The van der Waals surface area contributed by atoms with Gasteiger partial charge >= 0.3 is 0 Å². The van der Waals surface area contributed by atoms with Crippen LogP contribution in [-0.2, 0) is 0 Å². The van der Waals surface area contributed by atoms with Crippen LogP contribution in [0, 0.1) is 12.7 Å². The van der Waals surface area contributed by atoms with Gasteiger partial charge in [0.05, 0.1) is 0 Å². The molecule has 0 saturated heterocycles. The molecular formula is C16H24FN. The van der Waals surface area contributed by atoms with E-state index < -0.39 is 0 Å². The Labute approximate surface area is 110 Å². The second-order valence-corrected chi connectivity index (χ2v) is 5.52. The van der Waals surface area contributed by atoms with Crippen LogP contribution in [0.2, 0.25) is 0 Å². The highest BCUT2D eigenvalue weighted by Gasteiger charge is 2.23. The molecule has 18 heavy (non-hydrogen) atoms. The Kier molecular flexibility index (Phi) is 4.76. The fraction of sp³-hybridized carbons (Fsp3) is 0.625. The molecule has 0 bridgehead atoms. The second-order valence-electron chi connectivity index (χ2n) is 5.52. The van der Waals surface area contributed by atoms with E-state index in [4.69, 9.17) is 0 Å². The predicted molar refractivity (Wildman–Crippen MR) is 74.4 cm³/mol. The topological polar surface area (TPSA) is 12.0 Å². The summed E-state index contributed by atoms with van der Waals surface area (Å²) in [5, 5.41) is 3.61. The van der Waals surface area contributed by atoms with Gasteiger partial charge in [-0.3, -0.25) is 0 Å². The monoisotopic (exact) mass is 249 g/mol. The van der Waals surface area contributed by atoms with E-state index in [-0.39, 0.29) is 5.82 Å². The average molecular weight is 249 g/mol. The Hall–Kier alpha value is -0.890. The highest BCUT2D eigenvalue weighted by Crippen LogP contribution is 2.34. The summed E-state index contributed by atoms with van der Waals surface area (Å²) in [6.45, 7) is 5.39. The summed E-state index contributed by atoms with van der Waals surface area (Å²) in [5.41, 5.74) is 2.45. The standard InChI is InChI=1S/C16H24FN/c1-3-9-18-15-6-4-5-13(10-15)16-11-14(17)8-7-12(16)2/h7-8,11,13,15,18H,3-6,9-10H2,1-2H3. The number of benzene rings is 1. The van der Waals surface area contributed by atoms with Gasteiger partial charge in [-0.2, -0.15) is 0 Å². The van der Waals surface area contributed by atoms with E-state index in [1.807, 2.05) is 6.07 Å². The second kappa shape index (κ2) is 6.33. The van der Waals surface area contributed by atoms with Gasteiger partial charge in [-0.25, -0.2) is 4.39 Å². The molecule has 0 heterocycles. The van der Waals surface area contributed by atoms with Gasteiger partial charge in [0, 0.05) is 6.04 Å². The van der Waals surface area contributed by atoms with E-state index in [0.717, 1.165) is 13.0 Å². The van der Waals surface area contributed by atoms with Gasteiger partial charge in [-0.05, 0) is 68.3 Å². The van der Waals surface area contributed by atoms with Crippen LogP contribution in [0.4, 0.5) is 4.39 Å². The fourth-order valence-electron chi connectivity index (χ4n) is 3.06. The van der Waals surface area contributed by atoms with Crippen molar-refractivity contribution in [1.29, 1.82) is 0 Å². The minimum absolute atomic E-state index is 0.0979. The molecule has 2 heteroatoms. The number of halogens is 1. The molecule has 2 atom stereocenters. The average Bonchev–Trinajstić information content (AvgIpc) is 2.39. The van der Waals surface area contributed by atoms with Gasteiger partial charge in [0.15, 0.2) is 0 Å². The van der Waals surface area contributed by atoms with Crippen LogP contribution < -0.4 is 5.32 Å². The Morgan fingerprint density at radius 3 is 2.94 bits per heavy atom. The third-order valence-corrected chi connectivity index (χ3v) is 4.04. The van der Waals surface area contributed by atoms with Crippen LogP contribution >= 0.6 is 0 Å².